The Morgan fingerprint density at radius 3 is 2.63 bits per heavy atom. The van der Waals surface area contributed by atoms with Gasteiger partial charge in [0.15, 0.2) is 0 Å². The predicted molar refractivity (Wildman–Crippen MR) is 72.7 cm³/mol. The molecule has 1 aliphatic rings. The van der Waals surface area contributed by atoms with Crippen molar-refractivity contribution in [3.8, 4) is 0 Å². The van der Waals surface area contributed by atoms with Gasteiger partial charge in [-0.2, -0.15) is 0 Å². The molecule has 0 aliphatic carbocycles. The standard InChI is InChI=1S/C13H25N3O3/c1-4-6-14-11-9-19-8-10(11)13(18)15-7-5-12(17)16(2)3/h10-11,14H,4-9H2,1-3H3,(H,15,18). The average molecular weight is 271 g/mol. The molecule has 110 valence electrons. The van der Waals surface area contributed by atoms with E-state index in [-0.39, 0.29) is 23.8 Å². The average Bonchev–Trinajstić information content (AvgIpc) is 2.84. The summed E-state index contributed by atoms with van der Waals surface area (Å²) in [6.07, 6.45) is 1.36. The molecule has 1 aliphatic heterocycles. The molecule has 2 atom stereocenters. The minimum atomic E-state index is -0.152. The molecule has 2 N–H and O–H groups in total. The number of nitrogens with zero attached hydrogens (tertiary/aromatic N) is 1. The Bertz CT molecular complexity index is 308. The quantitative estimate of drug-likeness (QED) is 0.661. The fourth-order valence-electron chi connectivity index (χ4n) is 1.99. The summed E-state index contributed by atoms with van der Waals surface area (Å²) in [5, 5.41) is 6.13. The van der Waals surface area contributed by atoms with E-state index in [1.807, 2.05) is 0 Å². The summed E-state index contributed by atoms with van der Waals surface area (Å²) in [6, 6.07) is 0.0875. The lowest BCUT2D eigenvalue weighted by Gasteiger charge is -2.18. The summed E-state index contributed by atoms with van der Waals surface area (Å²) in [4.78, 5) is 24.9. The zero-order chi connectivity index (χ0) is 14.3. The van der Waals surface area contributed by atoms with Gasteiger partial charge in [0.2, 0.25) is 11.8 Å². The van der Waals surface area contributed by atoms with Crippen LogP contribution in [0.5, 0.6) is 0 Å². The first-order chi connectivity index (χ1) is 9.06. The highest BCUT2D eigenvalue weighted by molar-refractivity contribution is 5.81. The largest absolute Gasteiger partial charge is 0.379 e. The molecule has 0 radical (unpaired) electrons. The van der Waals surface area contributed by atoms with Crippen LogP contribution in [0.3, 0.4) is 0 Å². The summed E-state index contributed by atoms with van der Waals surface area (Å²) in [6.45, 7) is 4.39. The number of carbonyl (C=O) groups is 2. The summed E-state index contributed by atoms with van der Waals surface area (Å²) < 4.78 is 5.36. The number of nitrogens with one attached hydrogen (secondary N) is 2. The minimum Gasteiger partial charge on any atom is -0.379 e. The molecule has 1 fully saturated rings. The molecule has 1 rings (SSSR count). The van der Waals surface area contributed by atoms with Crippen LogP contribution in [0.25, 0.3) is 0 Å². The first kappa shape index (κ1) is 15.9. The van der Waals surface area contributed by atoms with Crippen molar-refractivity contribution in [1.82, 2.24) is 15.5 Å². The Hall–Kier alpha value is -1.14. The van der Waals surface area contributed by atoms with E-state index in [2.05, 4.69) is 17.6 Å². The van der Waals surface area contributed by atoms with Crippen molar-refractivity contribution in [3.05, 3.63) is 0 Å². The molecular formula is C13H25N3O3. The van der Waals surface area contributed by atoms with Crippen LogP contribution in [0.2, 0.25) is 0 Å². The third-order valence-corrected chi connectivity index (χ3v) is 3.21. The van der Waals surface area contributed by atoms with Crippen LogP contribution in [-0.4, -0.2) is 63.2 Å². The highest BCUT2D eigenvalue weighted by Gasteiger charge is 2.33. The summed E-state index contributed by atoms with van der Waals surface area (Å²) >= 11 is 0. The van der Waals surface area contributed by atoms with E-state index in [4.69, 9.17) is 4.74 Å². The molecule has 6 heteroatoms. The fraction of sp³-hybridized carbons (Fsp3) is 0.846. The molecule has 6 nitrogen and oxygen atoms in total. The third-order valence-electron chi connectivity index (χ3n) is 3.21. The van der Waals surface area contributed by atoms with Crippen molar-refractivity contribution in [2.75, 3.05) is 40.4 Å². The molecule has 0 aromatic carbocycles. The monoisotopic (exact) mass is 271 g/mol. The highest BCUT2D eigenvalue weighted by atomic mass is 16.5. The van der Waals surface area contributed by atoms with E-state index in [1.54, 1.807) is 14.1 Å². The third kappa shape index (κ3) is 5.16. The van der Waals surface area contributed by atoms with Gasteiger partial charge in [-0.3, -0.25) is 9.59 Å². The smallest absolute Gasteiger partial charge is 0.227 e. The summed E-state index contributed by atoms with van der Waals surface area (Å²) in [5.74, 6) is -0.165. The van der Waals surface area contributed by atoms with Crippen molar-refractivity contribution in [1.29, 1.82) is 0 Å². The zero-order valence-corrected chi connectivity index (χ0v) is 12.1. The lowest BCUT2D eigenvalue weighted by Crippen LogP contribution is -2.44. The van der Waals surface area contributed by atoms with Gasteiger partial charge in [-0.05, 0) is 13.0 Å². The molecule has 0 aromatic rings. The number of ether oxygens (including phenoxy) is 1. The Balaban J connectivity index is 2.30. The Morgan fingerprint density at radius 1 is 1.26 bits per heavy atom. The zero-order valence-electron chi connectivity index (χ0n) is 12.1. The molecule has 0 bridgehead atoms. The number of amides is 2. The van der Waals surface area contributed by atoms with Gasteiger partial charge in [0.25, 0.3) is 0 Å². The van der Waals surface area contributed by atoms with E-state index in [9.17, 15) is 9.59 Å². The van der Waals surface area contributed by atoms with Crippen LogP contribution < -0.4 is 10.6 Å². The van der Waals surface area contributed by atoms with Gasteiger partial charge in [0.05, 0.1) is 19.1 Å². The topological polar surface area (TPSA) is 70.7 Å². The van der Waals surface area contributed by atoms with Crippen LogP contribution in [0.15, 0.2) is 0 Å². The normalized spacial score (nSPS) is 22.3. The van der Waals surface area contributed by atoms with Gasteiger partial charge >= 0.3 is 0 Å². The molecular weight excluding hydrogens is 246 g/mol. The number of hydrogen-bond acceptors (Lipinski definition) is 4. The molecule has 1 heterocycles. The lowest BCUT2D eigenvalue weighted by molar-refractivity contribution is -0.129. The van der Waals surface area contributed by atoms with Crippen LogP contribution in [0, 0.1) is 5.92 Å². The first-order valence-corrected chi connectivity index (χ1v) is 6.85. The fourth-order valence-corrected chi connectivity index (χ4v) is 1.99. The number of hydrogen-bond donors (Lipinski definition) is 2. The highest BCUT2D eigenvalue weighted by Crippen LogP contribution is 2.13. The lowest BCUT2D eigenvalue weighted by atomic mass is 10.0. The second-order valence-corrected chi connectivity index (χ2v) is 5.03. The van der Waals surface area contributed by atoms with Gasteiger partial charge in [-0.1, -0.05) is 6.92 Å². The van der Waals surface area contributed by atoms with Gasteiger partial charge in [-0.15, -0.1) is 0 Å². The minimum absolute atomic E-state index is 0.0172. The van der Waals surface area contributed by atoms with Crippen LogP contribution in [-0.2, 0) is 14.3 Å². The summed E-state index contributed by atoms with van der Waals surface area (Å²) in [7, 11) is 3.42. The molecule has 0 saturated carbocycles. The van der Waals surface area contributed by atoms with E-state index in [0.717, 1.165) is 13.0 Å². The number of rotatable bonds is 7. The van der Waals surface area contributed by atoms with Gasteiger partial charge in [0, 0.05) is 33.1 Å². The van der Waals surface area contributed by atoms with Crippen LogP contribution in [0.1, 0.15) is 19.8 Å². The van der Waals surface area contributed by atoms with E-state index in [1.165, 1.54) is 4.90 Å². The van der Waals surface area contributed by atoms with Crippen molar-refractivity contribution >= 4 is 11.8 Å². The molecule has 0 aromatic heterocycles. The van der Waals surface area contributed by atoms with Crippen molar-refractivity contribution < 1.29 is 14.3 Å². The van der Waals surface area contributed by atoms with Gasteiger partial charge in [0.1, 0.15) is 0 Å². The molecule has 0 spiro atoms. The van der Waals surface area contributed by atoms with Crippen molar-refractivity contribution in [3.63, 3.8) is 0 Å². The van der Waals surface area contributed by atoms with Crippen LogP contribution in [0.4, 0.5) is 0 Å². The molecule has 2 amide bonds. The molecule has 19 heavy (non-hydrogen) atoms. The maximum absolute atomic E-state index is 12.0. The Kier molecular flexibility index (Phi) is 6.80. The predicted octanol–water partition coefficient (Wildman–Crippen LogP) is -0.404. The van der Waals surface area contributed by atoms with Gasteiger partial charge < -0.3 is 20.3 Å². The molecule has 2 unspecified atom stereocenters. The maximum atomic E-state index is 12.0. The SMILES string of the molecule is CCCNC1COCC1C(=O)NCCC(=O)N(C)C. The summed E-state index contributed by atoms with van der Waals surface area (Å²) in [5.41, 5.74) is 0. The first-order valence-electron chi connectivity index (χ1n) is 6.85. The van der Waals surface area contributed by atoms with Gasteiger partial charge in [-0.25, -0.2) is 0 Å². The van der Waals surface area contributed by atoms with Crippen molar-refractivity contribution in [2.24, 2.45) is 5.92 Å². The van der Waals surface area contributed by atoms with Crippen molar-refractivity contribution in [2.45, 2.75) is 25.8 Å². The van der Waals surface area contributed by atoms with Crippen LogP contribution >= 0.6 is 0 Å². The second kappa shape index (κ2) is 8.12. The Labute approximate surface area is 114 Å². The number of carbonyl (C=O) groups excluding carboxylic acids is 2. The second-order valence-electron chi connectivity index (χ2n) is 5.03. The molecule has 1 saturated heterocycles. The Morgan fingerprint density at radius 2 is 2.00 bits per heavy atom. The van der Waals surface area contributed by atoms with E-state index < -0.39 is 0 Å². The van der Waals surface area contributed by atoms with E-state index in [0.29, 0.717) is 26.2 Å². The maximum Gasteiger partial charge on any atom is 0.227 e. The van der Waals surface area contributed by atoms with E-state index >= 15 is 0 Å².